The molecule has 5 nitrogen and oxygen atoms in total. The molecule has 0 unspecified atom stereocenters. The molecule has 0 spiro atoms. The largest absolute Gasteiger partial charge is 0.496 e. The molecule has 0 aliphatic carbocycles. The third kappa shape index (κ3) is 3.61. The summed E-state index contributed by atoms with van der Waals surface area (Å²) in [6, 6.07) is 11.9. The van der Waals surface area contributed by atoms with Gasteiger partial charge in [-0.05, 0) is 48.5 Å². The number of aryl methyl sites for hydroxylation is 1. The summed E-state index contributed by atoms with van der Waals surface area (Å²) >= 11 is 5.59. The molecule has 0 saturated heterocycles. The minimum Gasteiger partial charge on any atom is -0.496 e. The Balaban J connectivity index is 1.84. The Labute approximate surface area is 159 Å². The SMILES string of the molecule is CCc1cccc(NC(=S)N2Cc3c(OC)ccc(OC)c3[C@@H](O)C2)c1. The molecule has 0 bridgehead atoms. The van der Waals surface area contributed by atoms with E-state index < -0.39 is 6.10 Å². The molecule has 0 saturated carbocycles. The summed E-state index contributed by atoms with van der Waals surface area (Å²) in [5, 5.41) is 14.6. The van der Waals surface area contributed by atoms with Gasteiger partial charge in [0.2, 0.25) is 0 Å². The molecule has 3 rings (SSSR count). The molecular formula is C20H24N2O3S. The van der Waals surface area contributed by atoms with Gasteiger partial charge < -0.3 is 24.8 Å². The van der Waals surface area contributed by atoms with Crippen LogP contribution >= 0.6 is 12.2 Å². The Hall–Kier alpha value is -2.31. The Morgan fingerprint density at radius 3 is 2.65 bits per heavy atom. The summed E-state index contributed by atoms with van der Waals surface area (Å²) in [5.74, 6) is 1.39. The first-order valence-electron chi connectivity index (χ1n) is 8.64. The summed E-state index contributed by atoms with van der Waals surface area (Å²) in [6.07, 6.45) is 0.264. The maximum absolute atomic E-state index is 10.7. The van der Waals surface area contributed by atoms with E-state index >= 15 is 0 Å². The number of aliphatic hydroxyl groups excluding tert-OH is 1. The minimum atomic E-state index is -0.703. The van der Waals surface area contributed by atoms with Crippen LogP contribution in [0.3, 0.4) is 0 Å². The highest BCUT2D eigenvalue weighted by Gasteiger charge is 2.30. The molecule has 1 aliphatic heterocycles. The molecule has 0 radical (unpaired) electrons. The number of methoxy groups -OCH3 is 2. The molecule has 1 atom stereocenters. The highest BCUT2D eigenvalue weighted by atomic mass is 32.1. The first-order chi connectivity index (χ1) is 12.6. The Morgan fingerprint density at radius 2 is 1.96 bits per heavy atom. The van der Waals surface area contributed by atoms with Gasteiger partial charge in [-0.15, -0.1) is 0 Å². The van der Waals surface area contributed by atoms with E-state index in [1.165, 1.54) is 5.56 Å². The number of thiocarbonyl (C=S) groups is 1. The molecule has 0 fully saturated rings. The Bertz CT molecular complexity index is 810. The number of fused-ring (bicyclic) bond motifs is 1. The van der Waals surface area contributed by atoms with Gasteiger partial charge in [-0.2, -0.15) is 0 Å². The predicted octanol–water partition coefficient (Wildman–Crippen LogP) is 3.51. The number of aliphatic hydroxyl groups is 1. The van der Waals surface area contributed by atoms with Gasteiger partial charge in [-0.3, -0.25) is 0 Å². The fourth-order valence-electron chi connectivity index (χ4n) is 3.30. The second kappa shape index (κ2) is 7.93. The predicted molar refractivity (Wildman–Crippen MR) is 107 cm³/mol. The van der Waals surface area contributed by atoms with Crippen LogP contribution in [0.5, 0.6) is 11.5 Å². The van der Waals surface area contributed by atoms with E-state index in [-0.39, 0.29) is 0 Å². The van der Waals surface area contributed by atoms with Crippen LogP contribution in [0.15, 0.2) is 36.4 Å². The van der Waals surface area contributed by atoms with Crippen LogP contribution in [-0.4, -0.2) is 35.9 Å². The van der Waals surface area contributed by atoms with Crippen LogP contribution in [0.1, 0.15) is 29.7 Å². The minimum absolute atomic E-state index is 0.399. The van der Waals surface area contributed by atoms with Gasteiger partial charge in [-0.25, -0.2) is 0 Å². The number of nitrogens with zero attached hydrogens (tertiary/aromatic N) is 1. The van der Waals surface area contributed by atoms with Gasteiger partial charge in [0, 0.05) is 23.4 Å². The van der Waals surface area contributed by atoms with Crippen molar-refractivity contribution in [1.29, 1.82) is 0 Å². The number of nitrogens with one attached hydrogen (secondary N) is 1. The topological polar surface area (TPSA) is 54.0 Å². The summed E-state index contributed by atoms with van der Waals surface area (Å²) < 4.78 is 10.9. The average Bonchev–Trinajstić information content (AvgIpc) is 2.67. The normalized spacial score (nSPS) is 16.0. The van der Waals surface area contributed by atoms with E-state index in [4.69, 9.17) is 21.7 Å². The van der Waals surface area contributed by atoms with Crippen LogP contribution in [-0.2, 0) is 13.0 Å². The maximum atomic E-state index is 10.7. The number of benzene rings is 2. The van der Waals surface area contributed by atoms with E-state index in [1.807, 2.05) is 29.2 Å². The van der Waals surface area contributed by atoms with Gasteiger partial charge in [0.15, 0.2) is 5.11 Å². The van der Waals surface area contributed by atoms with Gasteiger partial charge in [-0.1, -0.05) is 19.1 Å². The number of hydrogen-bond donors (Lipinski definition) is 2. The summed E-state index contributed by atoms with van der Waals surface area (Å²) in [7, 11) is 3.23. The summed E-state index contributed by atoms with van der Waals surface area (Å²) in [5.41, 5.74) is 3.87. The molecule has 1 aliphatic rings. The van der Waals surface area contributed by atoms with E-state index in [0.29, 0.717) is 24.0 Å². The van der Waals surface area contributed by atoms with Gasteiger partial charge in [0.25, 0.3) is 0 Å². The van der Waals surface area contributed by atoms with Crippen molar-refractivity contribution in [3.05, 3.63) is 53.1 Å². The third-order valence-electron chi connectivity index (χ3n) is 4.66. The van der Waals surface area contributed by atoms with E-state index in [9.17, 15) is 5.11 Å². The first kappa shape index (κ1) is 18.5. The number of hydrogen-bond acceptors (Lipinski definition) is 4. The molecule has 0 amide bonds. The monoisotopic (exact) mass is 372 g/mol. The van der Waals surface area contributed by atoms with Crippen molar-refractivity contribution < 1.29 is 14.6 Å². The quantitative estimate of drug-likeness (QED) is 0.801. The standard InChI is InChI=1S/C20H24N2O3S/c1-4-13-6-5-7-14(10-13)21-20(26)22-11-15-17(24-2)8-9-18(25-3)19(15)16(23)12-22/h5-10,16,23H,4,11-12H2,1-3H3,(H,21,26)/t16-/m0/s1. The van der Waals surface area contributed by atoms with Crippen LogP contribution in [0.4, 0.5) is 5.69 Å². The molecule has 26 heavy (non-hydrogen) atoms. The lowest BCUT2D eigenvalue weighted by Gasteiger charge is -2.35. The van der Waals surface area contributed by atoms with Crippen molar-refractivity contribution in [2.24, 2.45) is 0 Å². The smallest absolute Gasteiger partial charge is 0.173 e. The Morgan fingerprint density at radius 1 is 1.23 bits per heavy atom. The van der Waals surface area contributed by atoms with Crippen molar-refractivity contribution in [3.63, 3.8) is 0 Å². The van der Waals surface area contributed by atoms with Crippen molar-refractivity contribution in [2.75, 3.05) is 26.1 Å². The van der Waals surface area contributed by atoms with E-state index in [2.05, 4.69) is 24.4 Å². The third-order valence-corrected chi connectivity index (χ3v) is 5.02. The second-order valence-corrected chi connectivity index (χ2v) is 6.63. The first-order valence-corrected chi connectivity index (χ1v) is 9.04. The van der Waals surface area contributed by atoms with Crippen LogP contribution in [0.25, 0.3) is 0 Å². The van der Waals surface area contributed by atoms with Gasteiger partial charge in [0.1, 0.15) is 17.6 Å². The van der Waals surface area contributed by atoms with Crippen LogP contribution < -0.4 is 14.8 Å². The highest BCUT2D eigenvalue weighted by molar-refractivity contribution is 7.80. The molecule has 6 heteroatoms. The maximum Gasteiger partial charge on any atom is 0.173 e. The molecule has 0 aromatic heterocycles. The van der Waals surface area contributed by atoms with Gasteiger partial charge >= 0.3 is 0 Å². The lowest BCUT2D eigenvalue weighted by atomic mass is 9.95. The zero-order chi connectivity index (χ0) is 18.7. The fraction of sp³-hybridized carbons (Fsp3) is 0.350. The van der Waals surface area contributed by atoms with Crippen LogP contribution in [0.2, 0.25) is 0 Å². The number of ether oxygens (including phenoxy) is 2. The lowest BCUT2D eigenvalue weighted by Crippen LogP contribution is -2.41. The van der Waals surface area contributed by atoms with Crippen molar-refractivity contribution in [2.45, 2.75) is 26.0 Å². The fourth-order valence-corrected chi connectivity index (χ4v) is 3.56. The highest BCUT2D eigenvalue weighted by Crippen LogP contribution is 2.39. The van der Waals surface area contributed by atoms with Gasteiger partial charge in [0.05, 0.1) is 20.8 Å². The molecule has 2 aromatic rings. The van der Waals surface area contributed by atoms with E-state index in [1.54, 1.807) is 14.2 Å². The molecule has 1 heterocycles. The molecule has 138 valence electrons. The molecule has 2 N–H and O–H groups in total. The number of β-amino-alcohol motifs (C(OH)–C–C–N with tert-alkyl or cyclic N) is 1. The second-order valence-electron chi connectivity index (χ2n) is 6.24. The lowest BCUT2D eigenvalue weighted by molar-refractivity contribution is 0.123. The van der Waals surface area contributed by atoms with Crippen molar-refractivity contribution >= 4 is 23.0 Å². The molecular weight excluding hydrogens is 348 g/mol. The van der Waals surface area contributed by atoms with E-state index in [0.717, 1.165) is 29.0 Å². The van der Waals surface area contributed by atoms with Crippen molar-refractivity contribution in [1.82, 2.24) is 4.90 Å². The van der Waals surface area contributed by atoms with Crippen LogP contribution in [0, 0.1) is 0 Å². The zero-order valence-corrected chi connectivity index (χ0v) is 16.1. The summed E-state index contributed by atoms with van der Waals surface area (Å²) in [6.45, 7) is 3.07. The number of anilines is 1. The zero-order valence-electron chi connectivity index (χ0n) is 15.3. The summed E-state index contributed by atoms with van der Waals surface area (Å²) in [4.78, 5) is 1.95. The number of rotatable bonds is 4. The van der Waals surface area contributed by atoms with Crippen molar-refractivity contribution in [3.8, 4) is 11.5 Å². The Kier molecular flexibility index (Phi) is 5.64. The molecule has 2 aromatic carbocycles. The average molecular weight is 372 g/mol.